The molecule has 0 aromatic heterocycles. The first kappa shape index (κ1) is 44.4. The quantitative estimate of drug-likeness (QED) is 0.0464. The van der Waals surface area contributed by atoms with Gasteiger partial charge in [0.15, 0.2) is 0 Å². The van der Waals surface area contributed by atoms with Gasteiger partial charge in [-0.15, -0.1) is 0 Å². The Morgan fingerprint density at radius 2 is 0.318 bits per heavy atom. The molecule has 0 aliphatic heterocycles. The standard InChI is InChI=1S/C43H91P/c1-5-9-13-17-21-22-23-24-25-26-27-28-29-30-31-35-39-43-44(40-36-32-18-14-10-6-2,41-37-33-19-15-11-7-3)42-38-34-20-16-12-8-4/h44H,5-43H2,1-4H3. The summed E-state index contributed by atoms with van der Waals surface area (Å²) >= 11 is 0. The Morgan fingerprint density at radius 3 is 0.477 bits per heavy atom. The summed E-state index contributed by atoms with van der Waals surface area (Å²) in [5.41, 5.74) is 0. The van der Waals surface area contributed by atoms with E-state index in [4.69, 9.17) is 0 Å². The summed E-state index contributed by atoms with van der Waals surface area (Å²) in [5.74, 6) is 0. The SMILES string of the molecule is CCCCCCCCCCCCCCCCCCC[PH](CCCCCCCC)(CCCCCCCC)CCCCCCCC. The monoisotopic (exact) mass is 639 g/mol. The molecule has 0 aliphatic rings. The fourth-order valence-electron chi connectivity index (χ4n) is 7.82. The van der Waals surface area contributed by atoms with Crippen LogP contribution in [0.25, 0.3) is 0 Å². The Kier molecular flexibility index (Phi) is 38.3. The van der Waals surface area contributed by atoms with Crippen LogP contribution in [0, 0.1) is 0 Å². The minimum absolute atomic E-state index is 1.11. The molecule has 0 amide bonds. The van der Waals surface area contributed by atoms with Gasteiger partial charge in [-0.3, -0.25) is 0 Å². The number of rotatable bonds is 39. The van der Waals surface area contributed by atoms with Crippen molar-refractivity contribution in [1.82, 2.24) is 0 Å². The van der Waals surface area contributed by atoms with Crippen molar-refractivity contribution in [1.29, 1.82) is 0 Å². The Morgan fingerprint density at radius 1 is 0.182 bits per heavy atom. The Bertz CT molecular complexity index is 458. The van der Waals surface area contributed by atoms with Crippen molar-refractivity contribution in [2.75, 3.05) is 24.6 Å². The molecule has 268 valence electrons. The van der Waals surface area contributed by atoms with Gasteiger partial charge in [-0.25, -0.2) is 0 Å². The van der Waals surface area contributed by atoms with Crippen LogP contribution in [0.15, 0.2) is 0 Å². The average molecular weight is 639 g/mol. The van der Waals surface area contributed by atoms with E-state index in [2.05, 4.69) is 27.7 Å². The second-order valence-corrected chi connectivity index (χ2v) is 20.5. The molecular weight excluding hydrogens is 547 g/mol. The molecule has 0 bridgehead atoms. The van der Waals surface area contributed by atoms with Crippen molar-refractivity contribution in [2.24, 2.45) is 0 Å². The van der Waals surface area contributed by atoms with E-state index in [1.165, 1.54) is 199 Å². The molecule has 0 aromatic carbocycles. The van der Waals surface area contributed by atoms with Crippen molar-refractivity contribution in [3.05, 3.63) is 0 Å². The molecule has 0 aliphatic carbocycles. The number of unbranched alkanes of at least 4 members (excludes halogenated alkanes) is 31. The number of hydrogen-bond acceptors (Lipinski definition) is 0. The maximum atomic E-state index is 2.36. The molecule has 1 heteroatoms. The molecule has 0 spiro atoms. The van der Waals surface area contributed by atoms with Gasteiger partial charge in [-0.2, -0.15) is 0 Å². The molecule has 0 N–H and O–H groups in total. The van der Waals surface area contributed by atoms with Gasteiger partial charge in [0.05, 0.1) is 0 Å². The Hall–Kier alpha value is 0.430. The van der Waals surface area contributed by atoms with Crippen LogP contribution in [-0.4, -0.2) is 24.6 Å². The third kappa shape index (κ3) is 32.4. The zero-order valence-electron chi connectivity index (χ0n) is 32.1. The fourth-order valence-corrected chi connectivity index (χ4v) is 13.3. The van der Waals surface area contributed by atoms with Gasteiger partial charge in [0.25, 0.3) is 0 Å². The van der Waals surface area contributed by atoms with Gasteiger partial charge >= 0.3 is 239 Å². The predicted molar refractivity (Wildman–Crippen MR) is 212 cm³/mol. The van der Waals surface area contributed by atoms with E-state index in [1.54, 1.807) is 50.3 Å². The topological polar surface area (TPSA) is 0 Å². The maximum absolute atomic E-state index is 2.36. The van der Waals surface area contributed by atoms with E-state index >= 15 is 0 Å². The van der Waals surface area contributed by atoms with Gasteiger partial charge in [0.2, 0.25) is 0 Å². The molecule has 0 radical (unpaired) electrons. The summed E-state index contributed by atoms with van der Waals surface area (Å²) in [6.07, 6.45) is 58.9. The predicted octanol–water partition coefficient (Wildman–Crippen LogP) is 16.5. The molecule has 0 nitrogen and oxygen atoms in total. The summed E-state index contributed by atoms with van der Waals surface area (Å²) in [7, 11) is -1.11. The zero-order chi connectivity index (χ0) is 32.1. The van der Waals surface area contributed by atoms with Gasteiger partial charge < -0.3 is 0 Å². The summed E-state index contributed by atoms with van der Waals surface area (Å²) in [6, 6.07) is 0. The van der Waals surface area contributed by atoms with Gasteiger partial charge in [0, 0.05) is 0 Å². The van der Waals surface area contributed by atoms with E-state index in [-0.39, 0.29) is 0 Å². The van der Waals surface area contributed by atoms with E-state index in [1.807, 2.05) is 0 Å². The van der Waals surface area contributed by atoms with Crippen LogP contribution in [0.5, 0.6) is 0 Å². The van der Waals surface area contributed by atoms with Gasteiger partial charge in [-0.1, -0.05) is 45.4 Å². The summed E-state index contributed by atoms with van der Waals surface area (Å²) < 4.78 is 0. The van der Waals surface area contributed by atoms with Crippen LogP contribution < -0.4 is 0 Å². The molecule has 0 unspecified atom stereocenters. The van der Waals surface area contributed by atoms with Crippen molar-refractivity contribution >= 4 is 7.26 Å². The molecule has 0 rings (SSSR count). The van der Waals surface area contributed by atoms with E-state index in [0.29, 0.717) is 0 Å². The van der Waals surface area contributed by atoms with Crippen molar-refractivity contribution < 1.29 is 0 Å². The molecule has 0 heterocycles. The molecule has 0 atom stereocenters. The third-order valence-corrected chi connectivity index (χ3v) is 16.6. The van der Waals surface area contributed by atoms with Crippen LogP contribution in [0.4, 0.5) is 0 Å². The molecule has 0 aromatic rings. The first-order chi connectivity index (χ1) is 21.7. The third-order valence-electron chi connectivity index (χ3n) is 11.0. The molecule has 0 saturated carbocycles. The molecule has 44 heavy (non-hydrogen) atoms. The number of hydrogen-bond donors (Lipinski definition) is 0. The zero-order valence-corrected chi connectivity index (χ0v) is 33.1. The first-order valence-corrected chi connectivity index (χ1v) is 24.6. The molecule has 0 fully saturated rings. The normalized spacial score (nSPS) is 12.4. The minimum atomic E-state index is -1.11. The summed E-state index contributed by atoms with van der Waals surface area (Å²) in [4.78, 5) is 0. The van der Waals surface area contributed by atoms with Crippen molar-refractivity contribution in [2.45, 2.75) is 252 Å². The van der Waals surface area contributed by atoms with Crippen molar-refractivity contribution in [3.63, 3.8) is 0 Å². The van der Waals surface area contributed by atoms with E-state index in [9.17, 15) is 0 Å². The van der Waals surface area contributed by atoms with Crippen LogP contribution in [0.3, 0.4) is 0 Å². The van der Waals surface area contributed by atoms with Gasteiger partial charge in [0.1, 0.15) is 0 Å². The summed E-state index contributed by atoms with van der Waals surface area (Å²) in [5, 5.41) is 0. The first-order valence-electron chi connectivity index (χ1n) is 21.7. The Balaban J connectivity index is 4.40. The van der Waals surface area contributed by atoms with E-state index in [0.717, 1.165) is 0 Å². The van der Waals surface area contributed by atoms with Gasteiger partial charge in [-0.05, 0) is 0 Å². The van der Waals surface area contributed by atoms with Crippen LogP contribution >= 0.6 is 7.26 Å². The second kappa shape index (κ2) is 37.9. The van der Waals surface area contributed by atoms with Crippen LogP contribution in [-0.2, 0) is 0 Å². The molecular formula is C43H91P. The van der Waals surface area contributed by atoms with Crippen molar-refractivity contribution in [3.8, 4) is 0 Å². The van der Waals surface area contributed by atoms with E-state index < -0.39 is 7.26 Å². The fraction of sp³-hybridized carbons (Fsp3) is 1.00. The van der Waals surface area contributed by atoms with Crippen LogP contribution in [0.1, 0.15) is 252 Å². The average Bonchev–Trinajstić information content (AvgIpc) is 3.03. The molecule has 0 saturated heterocycles. The second-order valence-electron chi connectivity index (χ2n) is 15.5. The summed E-state index contributed by atoms with van der Waals surface area (Å²) in [6.45, 7) is 9.40. The van der Waals surface area contributed by atoms with Crippen LogP contribution in [0.2, 0.25) is 0 Å². The Labute approximate surface area is 283 Å².